The van der Waals surface area contributed by atoms with Gasteiger partial charge in [0, 0.05) is 7.11 Å². The molecule has 3 heteroatoms. The van der Waals surface area contributed by atoms with Gasteiger partial charge < -0.3 is 9.47 Å². The van der Waals surface area contributed by atoms with E-state index < -0.39 is 5.79 Å². The summed E-state index contributed by atoms with van der Waals surface area (Å²) in [5.74, 6) is -0.711. The van der Waals surface area contributed by atoms with Crippen molar-refractivity contribution in [3.8, 4) is 0 Å². The first-order valence-electron chi connectivity index (χ1n) is 4.11. The Hall–Kier alpha value is -0.670. The molecule has 2 bridgehead atoms. The monoisotopic (exact) mass is 168 g/mol. The number of rotatable bonds is 2. The standard InChI is InChI=1S/C9H12O3/c1-6(10)8-5-7-3-4-9(8,11-2)12-7/h3-4,7-8H,5H2,1-2H3. The van der Waals surface area contributed by atoms with Crippen LogP contribution in [-0.2, 0) is 14.3 Å². The highest BCUT2D eigenvalue weighted by molar-refractivity contribution is 5.80. The van der Waals surface area contributed by atoms with Crippen molar-refractivity contribution in [3.63, 3.8) is 0 Å². The van der Waals surface area contributed by atoms with Gasteiger partial charge in [-0.05, 0) is 19.4 Å². The quantitative estimate of drug-likeness (QED) is 0.574. The van der Waals surface area contributed by atoms with Crippen molar-refractivity contribution in [1.82, 2.24) is 0 Å². The molecule has 0 saturated carbocycles. The lowest BCUT2D eigenvalue weighted by Crippen LogP contribution is -2.37. The van der Waals surface area contributed by atoms with Gasteiger partial charge in [0.2, 0.25) is 0 Å². The van der Waals surface area contributed by atoms with Gasteiger partial charge >= 0.3 is 0 Å². The molecule has 0 aliphatic carbocycles. The molecule has 3 atom stereocenters. The van der Waals surface area contributed by atoms with Crippen molar-refractivity contribution >= 4 is 5.78 Å². The van der Waals surface area contributed by atoms with Crippen LogP contribution < -0.4 is 0 Å². The number of ether oxygens (including phenoxy) is 2. The first-order chi connectivity index (χ1) is 5.68. The van der Waals surface area contributed by atoms with E-state index >= 15 is 0 Å². The van der Waals surface area contributed by atoms with E-state index in [1.54, 1.807) is 14.0 Å². The SMILES string of the molecule is COC12C=CC(CC1C(C)=O)O2. The Balaban J connectivity index is 2.29. The summed E-state index contributed by atoms with van der Waals surface area (Å²) in [6.45, 7) is 1.59. The van der Waals surface area contributed by atoms with Crippen LogP contribution in [-0.4, -0.2) is 24.8 Å². The molecular formula is C9H12O3. The molecule has 1 saturated heterocycles. The van der Waals surface area contributed by atoms with Gasteiger partial charge in [0.05, 0.1) is 12.0 Å². The van der Waals surface area contributed by atoms with Gasteiger partial charge in [-0.2, -0.15) is 0 Å². The number of ketones is 1. The minimum absolute atomic E-state index is 0.0823. The fourth-order valence-electron chi connectivity index (χ4n) is 1.99. The minimum atomic E-state index is -0.740. The molecular weight excluding hydrogens is 156 g/mol. The molecule has 2 aliphatic heterocycles. The lowest BCUT2D eigenvalue weighted by molar-refractivity contribution is -0.181. The van der Waals surface area contributed by atoms with Crippen LogP contribution in [0.1, 0.15) is 13.3 Å². The molecule has 2 heterocycles. The summed E-state index contributed by atoms with van der Waals surface area (Å²) in [4.78, 5) is 11.2. The Labute approximate surface area is 71.3 Å². The number of hydrogen-bond acceptors (Lipinski definition) is 3. The first kappa shape index (κ1) is 7.95. The summed E-state index contributed by atoms with van der Waals surface area (Å²) in [6.07, 6.45) is 4.66. The van der Waals surface area contributed by atoms with Crippen molar-refractivity contribution < 1.29 is 14.3 Å². The van der Waals surface area contributed by atoms with Crippen LogP contribution in [0.25, 0.3) is 0 Å². The molecule has 1 fully saturated rings. The fraction of sp³-hybridized carbons (Fsp3) is 0.667. The number of methoxy groups -OCH3 is 1. The Morgan fingerprint density at radius 3 is 2.92 bits per heavy atom. The van der Waals surface area contributed by atoms with Crippen LogP contribution in [0.5, 0.6) is 0 Å². The van der Waals surface area contributed by atoms with Gasteiger partial charge in [0.1, 0.15) is 5.78 Å². The number of fused-ring (bicyclic) bond motifs is 2. The van der Waals surface area contributed by atoms with Crippen molar-refractivity contribution in [2.24, 2.45) is 5.92 Å². The van der Waals surface area contributed by atoms with E-state index in [-0.39, 0.29) is 17.8 Å². The summed E-state index contributed by atoms with van der Waals surface area (Å²) in [7, 11) is 1.58. The molecule has 0 N–H and O–H groups in total. The normalized spacial score (nSPS) is 43.8. The Morgan fingerprint density at radius 2 is 2.50 bits per heavy atom. The second-order valence-corrected chi connectivity index (χ2v) is 3.34. The topological polar surface area (TPSA) is 35.5 Å². The number of hydrogen-bond donors (Lipinski definition) is 0. The Morgan fingerprint density at radius 1 is 1.75 bits per heavy atom. The summed E-state index contributed by atoms with van der Waals surface area (Å²) < 4.78 is 10.8. The molecule has 12 heavy (non-hydrogen) atoms. The van der Waals surface area contributed by atoms with E-state index in [1.165, 1.54) is 0 Å². The summed E-state index contributed by atoms with van der Waals surface area (Å²) in [6, 6.07) is 0. The molecule has 66 valence electrons. The average Bonchev–Trinajstić information content (AvgIpc) is 2.60. The number of carbonyl (C=O) groups is 1. The third-order valence-electron chi connectivity index (χ3n) is 2.64. The second kappa shape index (κ2) is 2.41. The molecule has 0 spiro atoms. The molecule has 2 aliphatic rings. The van der Waals surface area contributed by atoms with Crippen molar-refractivity contribution in [3.05, 3.63) is 12.2 Å². The highest BCUT2D eigenvalue weighted by Crippen LogP contribution is 2.43. The minimum Gasteiger partial charge on any atom is -0.349 e. The smallest absolute Gasteiger partial charge is 0.198 e. The van der Waals surface area contributed by atoms with E-state index in [1.807, 2.05) is 12.2 Å². The lowest BCUT2D eigenvalue weighted by atomic mass is 9.88. The van der Waals surface area contributed by atoms with Crippen LogP contribution in [0.4, 0.5) is 0 Å². The molecule has 3 nitrogen and oxygen atoms in total. The largest absolute Gasteiger partial charge is 0.349 e. The summed E-state index contributed by atoms with van der Waals surface area (Å²) >= 11 is 0. The average molecular weight is 168 g/mol. The van der Waals surface area contributed by atoms with E-state index in [0.29, 0.717) is 0 Å². The Kier molecular flexibility index (Phi) is 1.59. The first-order valence-corrected chi connectivity index (χ1v) is 4.11. The van der Waals surface area contributed by atoms with Gasteiger partial charge in [-0.3, -0.25) is 4.79 Å². The second-order valence-electron chi connectivity index (χ2n) is 3.34. The predicted octanol–water partition coefficient (Wildman–Crippen LogP) is 0.893. The summed E-state index contributed by atoms with van der Waals surface area (Å²) in [5.41, 5.74) is 0. The molecule has 0 aromatic heterocycles. The van der Waals surface area contributed by atoms with Crippen molar-refractivity contribution in [2.75, 3.05) is 7.11 Å². The Bertz CT molecular complexity index is 246. The van der Waals surface area contributed by atoms with E-state index in [4.69, 9.17) is 9.47 Å². The van der Waals surface area contributed by atoms with E-state index in [0.717, 1.165) is 6.42 Å². The molecule has 0 aromatic carbocycles. The molecule has 3 unspecified atom stereocenters. The van der Waals surface area contributed by atoms with Crippen molar-refractivity contribution in [2.45, 2.75) is 25.2 Å². The third kappa shape index (κ3) is 0.867. The number of Topliss-reactive ketones (excluding diaryl/α,β-unsaturated/α-hetero) is 1. The third-order valence-corrected chi connectivity index (χ3v) is 2.64. The fourth-order valence-corrected chi connectivity index (χ4v) is 1.99. The molecule has 2 rings (SSSR count). The van der Waals surface area contributed by atoms with Crippen LogP contribution in [0.3, 0.4) is 0 Å². The maximum atomic E-state index is 11.2. The van der Waals surface area contributed by atoms with Gasteiger partial charge in [-0.15, -0.1) is 0 Å². The van der Waals surface area contributed by atoms with Crippen LogP contribution in [0.2, 0.25) is 0 Å². The zero-order valence-electron chi connectivity index (χ0n) is 7.24. The van der Waals surface area contributed by atoms with Crippen LogP contribution in [0.15, 0.2) is 12.2 Å². The highest BCUT2D eigenvalue weighted by atomic mass is 16.7. The molecule has 0 amide bonds. The van der Waals surface area contributed by atoms with Gasteiger partial charge in [-0.1, -0.05) is 6.08 Å². The highest BCUT2D eigenvalue weighted by Gasteiger charge is 2.52. The van der Waals surface area contributed by atoms with Crippen LogP contribution in [0, 0.1) is 5.92 Å². The summed E-state index contributed by atoms with van der Waals surface area (Å²) in [5, 5.41) is 0. The maximum absolute atomic E-state index is 11.2. The molecule has 0 aromatic rings. The van der Waals surface area contributed by atoms with E-state index in [9.17, 15) is 4.79 Å². The van der Waals surface area contributed by atoms with Gasteiger partial charge in [0.15, 0.2) is 5.79 Å². The molecule has 0 radical (unpaired) electrons. The predicted molar refractivity (Wildman–Crippen MR) is 42.5 cm³/mol. The zero-order chi connectivity index (χ0) is 8.77. The van der Waals surface area contributed by atoms with E-state index in [2.05, 4.69) is 0 Å². The zero-order valence-corrected chi connectivity index (χ0v) is 7.24. The maximum Gasteiger partial charge on any atom is 0.198 e. The van der Waals surface area contributed by atoms with Crippen LogP contribution >= 0.6 is 0 Å². The lowest BCUT2D eigenvalue weighted by Gasteiger charge is -2.26. The van der Waals surface area contributed by atoms with Crippen molar-refractivity contribution in [1.29, 1.82) is 0 Å². The van der Waals surface area contributed by atoms with Gasteiger partial charge in [-0.25, -0.2) is 0 Å². The van der Waals surface area contributed by atoms with Gasteiger partial charge in [0.25, 0.3) is 0 Å². The number of carbonyl (C=O) groups excluding carboxylic acids is 1.